The molecule has 0 N–H and O–H groups in total. The first-order valence-electron chi connectivity index (χ1n) is 9.03. The molecule has 1 aliphatic carbocycles. The van der Waals surface area contributed by atoms with Gasteiger partial charge >= 0.3 is 6.03 Å². The van der Waals surface area contributed by atoms with Crippen molar-refractivity contribution < 1.29 is 18.9 Å². The van der Waals surface area contributed by atoms with Crippen LogP contribution in [-0.4, -0.2) is 63.9 Å². The molecule has 3 rings (SSSR count). The van der Waals surface area contributed by atoms with E-state index in [0.717, 1.165) is 35.4 Å². The fraction of sp³-hybridized carbons (Fsp3) is 0.667. The number of imide groups is 1. The first kappa shape index (κ1) is 18.4. The quantitative estimate of drug-likeness (QED) is 0.763. The van der Waals surface area contributed by atoms with Crippen LogP contribution >= 0.6 is 0 Å². The molecular weight excluding hydrogens is 336 g/mol. The average Bonchev–Trinajstić information content (AvgIpc) is 3.03. The van der Waals surface area contributed by atoms with Crippen molar-refractivity contribution in [3.05, 3.63) is 17.0 Å². The number of hydrogen-bond acceptors (Lipinski definition) is 5. The number of amides is 4. The molecule has 26 heavy (non-hydrogen) atoms. The second-order valence-electron chi connectivity index (χ2n) is 7.38. The molecule has 0 unspecified atom stereocenters. The summed E-state index contributed by atoms with van der Waals surface area (Å²) in [6, 6.07) is -0.379. The second kappa shape index (κ2) is 6.74. The Labute approximate surface area is 153 Å². The molecule has 1 aliphatic heterocycles. The third kappa shape index (κ3) is 2.87. The highest BCUT2D eigenvalue weighted by Gasteiger charge is 2.55. The van der Waals surface area contributed by atoms with Crippen molar-refractivity contribution in [1.29, 1.82) is 0 Å². The van der Waals surface area contributed by atoms with E-state index in [2.05, 4.69) is 5.16 Å². The molecule has 0 atom stereocenters. The number of carbonyl (C=O) groups excluding carboxylic acids is 3. The van der Waals surface area contributed by atoms with E-state index in [0.29, 0.717) is 25.1 Å². The van der Waals surface area contributed by atoms with Crippen molar-refractivity contribution in [2.75, 3.05) is 20.6 Å². The fourth-order valence-corrected chi connectivity index (χ4v) is 3.98. The van der Waals surface area contributed by atoms with E-state index in [9.17, 15) is 14.4 Å². The Balaban J connectivity index is 1.70. The van der Waals surface area contributed by atoms with Gasteiger partial charge in [-0.1, -0.05) is 24.4 Å². The van der Waals surface area contributed by atoms with Crippen molar-refractivity contribution in [2.24, 2.45) is 0 Å². The minimum absolute atomic E-state index is 0.233. The molecule has 1 saturated heterocycles. The second-order valence-corrected chi connectivity index (χ2v) is 7.38. The summed E-state index contributed by atoms with van der Waals surface area (Å²) in [6.07, 6.45) is 4.28. The van der Waals surface area contributed by atoms with E-state index >= 15 is 0 Å². The highest BCUT2D eigenvalue weighted by molar-refractivity contribution is 6.08. The maximum absolute atomic E-state index is 13.0. The van der Waals surface area contributed by atoms with Gasteiger partial charge in [0.25, 0.3) is 5.91 Å². The smallest absolute Gasteiger partial charge is 0.327 e. The van der Waals surface area contributed by atoms with E-state index in [1.54, 1.807) is 21.0 Å². The van der Waals surface area contributed by atoms with Crippen molar-refractivity contribution in [2.45, 2.75) is 58.0 Å². The maximum atomic E-state index is 13.0. The Morgan fingerprint density at radius 3 is 2.46 bits per heavy atom. The highest BCUT2D eigenvalue weighted by Crippen LogP contribution is 2.39. The molecule has 0 aromatic carbocycles. The van der Waals surface area contributed by atoms with Crippen molar-refractivity contribution in [3.63, 3.8) is 0 Å². The van der Waals surface area contributed by atoms with Crippen LogP contribution in [-0.2, 0) is 16.1 Å². The summed E-state index contributed by atoms with van der Waals surface area (Å²) in [6.45, 7) is 3.71. The van der Waals surface area contributed by atoms with Gasteiger partial charge in [-0.3, -0.25) is 14.5 Å². The molecular formula is C18H26N4O4. The van der Waals surface area contributed by atoms with E-state index in [1.807, 2.05) is 6.92 Å². The molecule has 1 spiro atoms. The van der Waals surface area contributed by atoms with Gasteiger partial charge in [0.2, 0.25) is 5.91 Å². The minimum Gasteiger partial charge on any atom is -0.361 e. The number of carbonyl (C=O) groups is 3. The van der Waals surface area contributed by atoms with Crippen LogP contribution in [0.4, 0.5) is 4.79 Å². The summed E-state index contributed by atoms with van der Waals surface area (Å²) < 4.78 is 5.12. The van der Waals surface area contributed by atoms with Gasteiger partial charge in [-0.25, -0.2) is 4.79 Å². The van der Waals surface area contributed by atoms with Crippen molar-refractivity contribution in [3.8, 4) is 0 Å². The Bertz CT molecular complexity index is 716. The number of nitrogens with zero attached hydrogens (tertiary/aromatic N) is 4. The third-order valence-corrected chi connectivity index (χ3v) is 5.78. The first-order valence-corrected chi connectivity index (χ1v) is 9.03. The van der Waals surface area contributed by atoms with Gasteiger partial charge in [0.15, 0.2) is 0 Å². The number of aromatic nitrogens is 1. The number of likely N-dealkylation sites (N-methyl/N-ethyl adjacent to an activating group) is 2. The lowest BCUT2D eigenvalue weighted by molar-refractivity contribution is -0.140. The van der Waals surface area contributed by atoms with Crippen LogP contribution < -0.4 is 0 Å². The van der Waals surface area contributed by atoms with Crippen LogP contribution in [0.1, 0.15) is 49.1 Å². The number of rotatable bonds is 4. The van der Waals surface area contributed by atoms with Gasteiger partial charge in [0.1, 0.15) is 17.8 Å². The molecule has 1 aromatic rings. The van der Waals surface area contributed by atoms with Gasteiger partial charge in [-0.05, 0) is 26.7 Å². The van der Waals surface area contributed by atoms with Gasteiger partial charge < -0.3 is 14.3 Å². The standard InChI is InChI=1S/C18H26N4O4/c1-12-14(13(2)26-19-12)10-20(3)15(23)11-22-16(24)18(21(4)17(22)25)8-6-5-7-9-18/h5-11H2,1-4H3. The van der Waals surface area contributed by atoms with E-state index in [1.165, 1.54) is 9.80 Å². The Morgan fingerprint density at radius 2 is 1.88 bits per heavy atom. The lowest BCUT2D eigenvalue weighted by Crippen LogP contribution is -2.49. The van der Waals surface area contributed by atoms with Crippen molar-refractivity contribution >= 4 is 17.8 Å². The van der Waals surface area contributed by atoms with Crippen LogP contribution in [0.25, 0.3) is 0 Å². The van der Waals surface area contributed by atoms with Gasteiger partial charge in [-0.15, -0.1) is 0 Å². The zero-order chi connectivity index (χ0) is 19.1. The minimum atomic E-state index is -0.754. The van der Waals surface area contributed by atoms with Gasteiger partial charge in [0.05, 0.1) is 12.2 Å². The molecule has 2 aliphatic rings. The number of urea groups is 1. The van der Waals surface area contributed by atoms with Gasteiger partial charge in [0, 0.05) is 19.7 Å². The van der Waals surface area contributed by atoms with Gasteiger partial charge in [-0.2, -0.15) is 0 Å². The number of hydrogen-bond donors (Lipinski definition) is 0. The molecule has 0 bridgehead atoms. The predicted molar refractivity (Wildman–Crippen MR) is 93.1 cm³/mol. The van der Waals surface area contributed by atoms with Crippen LogP contribution in [0.5, 0.6) is 0 Å². The summed E-state index contributed by atoms with van der Waals surface area (Å²) in [5.41, 5.74) is 0.827. The zero-order valence-corrected chi connectivity index (χ0v) is 15.9. The third-order valence-electron chi connectivity index (χ3n) is 5.78. The lowest BCUT2D eigenvalue weighted by atomic mass is 9.81. The Kier molecular flexibility index (Phi) is 4.77. The van der Waals surface area contributed by atoms with Crippen LogP contribution in [0.2, 0.25) is 0 Å². The average molecular weight is 362 g/mol. The summed E-state index contributed by atoms with van der Waals surface area (Å²) >= 11 is 0. The molecule has 1 aromatic heterocycles. The normalized spacial score (nSPS) is 19.5. The molecule has 8 heteroatoms. The van der Waals surface area contributed by atoms with E-state index in [4.69, 9.17) is 4.52 Å². The topological polar surface area (TPSA) is 87.0 Å². The molecule has 8 nitrogen and oxygen atoms in total. The van der Waals surface area contributed by atoms with Crippen LogP contribution in [0.15, 0.2) is 4.52 Å². The largest absolute Gasteiger partial charge is 0.361 e. The Hall–Kier alpha value is -2.38. The zero-order valence-electron chi connectivity index (χ0n) is 15.9. The monoisotopic (exact) mass is 362 g/mol. The summed E-state index contributed by atoms with van der Waals surface area (Å²) in [7, 11) is 3.32. The predicted octanol–water partition coefficient (Wildman–Crippen LogP) is 1.85. The SMILES string of the molecule is Cc1noc(C)c1CN(C)C(=O)CN1C(=O)N(C)C2(CCCCC2)C1=O. The molecule has 1 saturated carbocycles. The maximum Gasteiger partial charge on any atom is 0.327 e. The lowest BCUT2D eigenvalue weighted by Gasteiger charge is -2.35. The molecule has 2 heterocycles. The summed E-state index contributed by atoms with van der Waals surface area (Å²) in [5, 5.41) is 3.88. The van der Waals surface area contributed by atoms with E-state index in [-0.39, 0.29) is 24.4 Å². The fourth-order valence-electron chi connectivity index (χ4n) is 3.98. The number of aryl methyl sites for hydroxylation is 2. The Morgan fingerprint density at radius 1 is 1.23 bits per heavy atom. The molecule has 0 radical (unpaired) electrons. The van der Waals surface area contributed by atoms with Crippen LogP contribution in [0, 0.1) is 13.8 Å². The van der Waals surface area contributed by atoms with E-state index < -0.39 is 5.54 Å². The molecule has 4 amide bonds. The molecule has 2 fully saturated rings. The highest BCUT2D eigenvalue weighted by atomic mass is 16.5. The summed E-state index contributed by atoms with van der Waals surface area (Å²) in [5.74, 6) is 0.146. The summed E-state index contributed by atoms with van der Waals surface area (Å²) in [4.78, 5) is 42.3. The van der Waals surface area contributed by atoms with Crippen LogP contribution in [0.3, 0.4) is 0 Å². The first-order chi connectivity index (χ1) is 12.3. The van der Waals surface area contributed by atoms with Crippen molar-refractivity contribution in [1.82, 2.24) is 19.9 Å². The molecule has 142 valence electrons.